The van der Waals surface area contributed by atoms with Crippen LogP contribution in [0.2, 0.25) is 0 Å². The fourth-order valence-electron chi connectivity index (χ4n) is 2.83. The predicted molar refractivity (Wildman–Crippen MR) is 94.1 cm³/mol. The lowest BCUT2D eigenvalue weighted by Gasteiger charge is -2.07. The van der Waals surface area contributed by atoms with E-state index in [1.807, 2.05) is 0 Å². The lowest BCUT2D eigenvalue weighted by molar-refractivity contribution is -0.144. The number of unbranched alkanes of at least 4 members (excludes halogenated alkanes) is 5. The molecule has 1 unspecified atom stereocenters. The molecular weight excluding hydrogens is 320 g/mol. The first-order chi connectivity index (χ1) is 12.1. The van der Waals surface area contributed by atoms with Crippen molar-refractivity contribution in [3.8, 4) is 5.75 Å². The Balaban J connectivity index is 1.89. The van der Waals surface area contributed by atoms with Gasteiger partial charge in [-0.05, 0) is 24.6 Å². The molecule has 2 rings (SSSR count). The molecule has 1 aliphatic rings. The quantitative estimate of drug-likeness (QED) is 0.362. The first-order valence-electron chi connectivity index (χ1n) is 9.13. The third-order valence-electron chi connectivity index (χ3n) is 4.30. The molecule has 1 atom stereocenters. The van der Waals surface area contributed by atoms with Crippen LogP contribution in [0.5, 0.6) is 5.75 Å². The van der Waals surface area contributed by atoms with E-state index in [0.717, 1.165) is 12.8 Å². The van der Waals surface area contributed by atoms with Crippen LogP contribution >= 0.6 is 0 Å². The van der Waals surface area contributed by atoms with E-state index in [1.54, 1.807) is 25.1 Å². The Morgan fingerprint density at radius 2 is 1.64 bits per heavy atom. The van der Waals surface area contributed by atoms with Gasteiger partial charge in [0, 0.05) is 17.5 Å². The van der Waals surface area contributed by atoms with Crippen molar-refractivity contribution < 1.29 is 23.9 Å². The number of ether oxygens (including phenoxy) is 2. The maximum absolute atomic E-state index is 12.3. The second-order valence-electron chi connectivity index (χ2n) is 6.28. The number of rotatable bonds is 10. The molecule has 0 fully saturated rings. The van der Waals surface area contributed by atoms with Gasteiger partial charge >= 0.3 is 5.97 Å². The zero-order chi connectivity index (χ0) is 18.2. The van der Waals surface area contributed by atoms with Gasteiger partial charge in [-0.2, -0.15) is 0 Å². The van der Waals surface area contributed by atoms with E-state index in [0.29, 0.717) is 17.9 Å². The fourth-order valence-corrected chi connectivity index (χ4v) is 2.83. The molecule has 0 aromatic heterocycles. The van der Waals surface area contributed by atoms with Gasteiger partial charge in [-0.3, -0.25) is 14.4 Å². The maximum Gasteiger partial charge on any atom is 0.306 e. The number of hydrogen-bond donors (Lipinski definition) is 0. The molecule has 5 nitrogen and oxygen atoms in total. The molecule has 0 saturated carbocycles. The van der Waals surface area contributed by atoms with E-state index < -0.39 is 23.6 Å². The van der Waals surface area contributed by atoms with Crippen LogP contribution < -0.4 is 4.74 Å². The molecule has 0 radical (unpaired) electrons. The van der Waals surface area contributed by atoms with Gasteiger partial charge < -0.3 is 9.47 Å². The molecular formula is C20H26O5. The number of Topliss-reactive ketones (excluding diaryl/α,β-unsaturated/α-hetero) is 2. The van der Waals surface area contributed by atoms with Crippen LogP contribution in [0.4, 0.5) is 0 Å². The largest absolute Gasteiger partial charge is 0.494 e. The first-order valence-corrected chi connectivity index (χ1v) is 9.13. The Labute approximate surface area is 148 Å². The van der Waals surface area contributed by atoms with Crippen LogP contribution in [0.25, 0.3) is 0 Å². The summed E-state index contributed by atoms with van der Waals surface area (Å²) in [6.07, 6.45) is 5.83. The Morgan fingerprint density at radius 3 is 2.36 bits per heavy atom. The third kappa shape index (κ3) is 4.91. The van der Waals surface area contributed by atoms with Gasteiger partial charge in [-0.15, -0.1) is 0 Å². The topological polar surface area (TPSA) is 69.7 Å². The van der Waals surface area contributed by atoms with Gasteiger partial charge in [0.15, 0.2) is 0 Å². The monoisotopic (exact) mass is 346 g/mol. The lowest BCUT2D eigenvalue weighted by atomic mass is 10.1. The summed E-state index contributed by atoms with van der Waals surface area (Å²) in [5.41, 5.74) is 0.574. The Bertz CT molecular complexity index is 635. The smallest absolute Gasteiger partial charge is 0.306 e. The van der Waals surface area contributed by atoms with Crippen molar-refractivity contribution in [2.75, 3.05) is 6.61 Å². The first kappa shape index (κ1) is 19.2. The van der Waals surface area contributed by atoms with E-state index in [9.17, 15) is 14.4 Å². The van der Waals surface area contributed by atoms with Crippen molar-refractivity contribution in [2.45, 2.75) is 64.9 Å². The van der Waals surface area contributed by atoms with Gasteiger partial charge in [0.1, 0.15) is 5.75 Å². The molecule has 0 N–H and O–H groups in total. The number of hydrogen-bond acceptors (Lipinski definition) is 5. The molecule has 0 aliphatic heterocycles. The van der Waals surface area contributed by atoms with Crippen LogP contribution in [0, 0.1) is 0 Å². The van der Waals surface area contributed by atoms with Crippen molar-refractivity contribution in [3.05, 3.63) is 29.3 Å². The minimum atomic E-state index is -1.34. The predicted octanol–water partition coefficient (Wildman–Crippen LogP) is 4.13. The molecule has 0 amide bonds. The summed E-state index contributed by atoms with van der Waals surface area (Å²) in [5, 5.41) is 0. The van der Waals surface area contributed by atoms with E-state index in [-0.39, 0.29) is 12.0 Å². The van der Waals surface area contributed by atoms with Gasteiger partial charge in [0.25, 0.3) is 0 Å². The molecule has 1 aromatic rings. The molecule has 0 bridgehead atoms. The van der Waals surface area contributed by atoms with Crippen LogP contribution in [0.3, 0.4) is 0 Å². The number of fused-ring (bicyclic) bond motifs is 1. The molecule has 5 heteroatoms. The molecule has 0 spiro atoms. The highest BCUT2D eigenvalue weighted by Crippen LogP contribution is 2.28. The SMILES string of the molecule is CCCCCCCCOc1ccc2c(c1)C(=O)C(OC(=O)CC)C2=O. The highest BCUT2D eigenvalue weighted by molar-refractivity contribution is 6.29. The van der Waals surface area contributed by atoms with Gasteiger partial charge in [0.05, 0.1) is 6.61 Å². The summed E-state index contributed by atoms with van der Waals surface area (Å²) >= 11 is 0. The highest BCUT2D eigenvalue weighted by Gasteiger charge is 2.41. The van der Waals surface area contributed by atoms with E-state index in [2.05, 4.69) is 6.92 Å². The van der Waals surface area contributed by atoms with E-state index >= 15 is 0 Å². The summed E-state index contributed by atoms with van der Waals surface area (Å²) in [4.78, 5) is 35.9. The van der Waals surface area contributed by atoms with Crippen molar-refractivity contribution in [1.82, 2.24) is 0 Å². The number of benzene rings is 1. The number of carbonyl (C=O) groups is 3. The maximum atomic E-state index is 12.3. The Kier molecular flexibility index (Phi) is 7.16. The normalized spacial score (nSPS) is 16.0. The third-order valence-corrected chi connectivity index (χ3v) is 4.30. The summed E-state index contributed by atoms with van der Waals surface area (Å²) in [6, 6.07) is 4.84. The fraction of sp³-hybridized carbons (Fsp3) is 0.550. The van der Waals surface area contributed by atoms with Crippen molar-refractivity contribution in [1.29, 1.82) is 0 Å². The van der Waals surface area contributed by atoms with Crippen LogP contribution in [0.1, 0.15) is 79.5 Å². The minimum Gasteiger partial charge on any atom is -0.494 e. The van der Waals surface area contributed by atoms with Gasteiger partial charge in [-0.25, -0.2) is 0 Å². The van der Waals surface area contributed by atoms with Crippen LogP contribution in [-0.4, -0.2) is 30.2 Å². The molecule has 0 heterocycles. The molecule has 1 aromatic carbocycles. The van der Waals surface area contributed by atoms with Crippen LogP contribution in [0.15, 0.2) is 18.2 Å². The van der Waals surface area contributed by atoms with E-state index in [4.69, 9.17) is 9.47 Å². The van der Waals surface area contributed by atoms with Gasteiger partial charge in [0.2, 0.25) is 17.7 Å². The second kappa shape index (κ2) is 9.35. The van der Waals surface area contributed by atoms with Crippen molar-refractivity contribution >= 4 is 17.5 Å². The van der Waals surface area contributed by atoms with E-state index in [1.165, 1.54) is 25.7 Å². The summed E-state index contributed by atoms with van der Waals surface area (Å²) < 4.78 is 10.7. The molecule has 0 saturated heterocycles. The zero-order valence-corrected chi connectivity index (χ0v) is 15.0. The van der Waals surface area contributed by atoms with Crippen molar-refractivity contribution in [2.24, 2.45) is 0 Å². The van der Waals surface area contributed by atoms with Crippen molar-refractivity contribution in [3.63, 3.8) is 0 Å². The number of esters is 1. The Morgan fingerprint density at radius 1 is 0.960 bits per heavy atom. The lowest BCUT2D eigenvalue weighted by Crippen LogP contribution is -2.28. The van der Waals surface area contributed by atoms with Crippen LogP contribution in [-0.2, 0) is 9.53 Å². The summed E-state index contributed by atoms with van der Waals surface area (Å²) in [7, 11) is 0. The number of ketones is 2. The molecule has 25 heavy (non-hydrogen) atoms. The summed E-state index contributed by atoms with van der Waals surface area (Å²) in [6.45, 7) is 4.39. The average Bonchev–Trinajstić information content (AvgIpc) is 2.85. The molecule has 1 aliphatic carbocycles. The zero-order valence-electron chi connectivity index (χ0n) is 15.0. The average molecular weight is 346 g/mol. The number of carbonyl (C=O) groups excluding carboxylic acids is 3. The minimum absolute atomic E-state index is 0.125. The standard InChI is InChI=1S/C20H26O5/c1-3-5-6-7-8-9-12-24-14-10-11-15-16(13-14)19(23)20(18(15)22)25-17(21)4-2/h10-11,13,20H,3-9,12H2,1-2H3. The molecule has 136 valence electrons. The summed E-state index contributed by atoms with van der Waals surface area (Å²) in [5.74, 6) is -0.911. The highest BCUT2D eigenvalue weighted by atomic mass is 16.6. The Hall–Kier alpha value is -2.17. The second-order valence-corrected chi connectivity index (χ2v) is 6.28. The van der Waals surface area contributed by atoms with Gasteiger partial charge in [-0.1, -0.05) is 46.0 Å².